The highest BCUT2D eigenvalue weighted by Crippen LogP contribution is 2.16. The number of carbonyl (C=O) groups is 2. The molecule has 1 aromatic heterocycles. The number of hydrogen-bond acceptors (Lipinski definition) is 6. The number of anilines is 1. The number of hydrogen-bond donors (Lipinski definition) is 2. The number of aromatic carboxylic acids is 1. The molecule has 0 aliphatic carbocycles. The number of nitrogens with zero attached hydrogens (tertiary/aromatic N) is 1. The zero-order chi connectivity index (χ0) is 15.9. The highest BCUT2D eigenvalue weighted by Gasteiger charge is 2.05. The monoisotopic (exact) mass is 316 g/mol. The molecule has 0 bridgehead atoms. The summed E-state index contributed by atoms with van der Waals surface area (Å²) in [6.07, 6.45) is 0. The first kappa shape index (κ1) is 15.7. The molecular weight excluding hydrogens is 302 g/mol. The number of thiophene rings is 1. The van der Waals surface area contributed by atoms with E-state index in [0.29, 0.717) is 10.6 Å². The molecule has 1 aromatic carbocycles. The lowest BCUT2D eigenvalue weighted by Crippen LogP contribution is -2.26. The van der Waals surface area contributed by atoms with E-state index in [0.717, 1.165) is 17.0 Å². The summed E-state index contributed by atoms with van der Waals surface area (Å²) in [5, 5.41) is 17.6. The van der Waals surface area contributed by atoms with Crippen molar-refractivity contribution < 1.29 is 14.7 Å². The fourth-order valence-electron chi connectivity index (χ4n) is 1.62. The van der Waals surface area contributed by atoms with Gasteiger partial charge in [0, 0.05) is 5.69 Å². The first-order valence-corrected chi connectivity index (χ1v) is 7.31. The van der Waals surface area contributed by atoms with E-state index in [2.05, 4.69) is 15.8 Å². The van der Waals surface area contributed by atoms with Crippen molar-refractivity contribution in [1.29, 1.82) is 0 Å². The van der Waals surface area contributed by atoms with Gasteiger partial charge in [-0.1, -0.05) is 18.2 Å². The normalized spacial score (nSPS) is 11.0. The fraction of sp³-hybridized carbons (Fsp3) is 0.133. The van der Waals surface area contributed by atoms with Gasteiger partial charge >= 0.3 is 0 Å². The standard InChI is InChI=1S/C15H15N3O3S/c1-10(12-7-8-13(22-12)15(20)21)17-18-14(19)9-16-11-5-3-2-4-6-11/h2-8,16H,9H2,1H3,(H,18,19)(H,20,21)/p-1/b17-10-. The Balaban J connectivity index is 1.87. The average Bonchev–Trinajstić information content (AvgIpc) is 3.02. The van der Waals surface area contributed by atoms with Gasteiger partial charge in [-0.2, -0.15) is 5.10 Å². The third-order valence-corrected chi connectivity index (χ3v) is 3.91. The molecule has 0 aliphatic heterocycles. The molecule has 0 unspecified atom stereocenters. The predicted molar refractivity (Wildman–Crippen MR) is 83.9 cm³/mol. The summed E-state index contributed by atoms with van der Waals surface area (Å²) in [6.45, 7) is 1.78. The third kappa shape index (κ3) is 4.42. The van der Waals surface area contributed by atoms with Crippen molar-refractivity contribution in [2.45, 2.75) is 6.92 Å². The van der Waals surface area contributed by atoms with Gasteiger partial charge in [0.1, 0.15) is 0 Å². The minimum Gasteiger partial charge on any atom is -0.544 e. The highest BCUT2D eigenvalue weighted by atomic mass is 32.1. The molecule has 1 heterocycles. The SMILES string of the molecule is C/C(=N/NC(=O)CNc1ccccc1)c1ccc(C(=O)[O-])s1. The Morgan fingerprint density at radius 3 is 2.45 bits per heavy atom. The topological polar surface area (TPSA) is 93.6 Å². The number of carboxylic acids is 1. The quantitative estimate of drug-likeness (QED) is 0.615. The second-order valence-corrected chi connectivity index (χ2v) is 5.49. The van der Waals surface area contributed by atoms with Gasteiger partial charge in [-0.3, -0.25) is 4.79 Å². The van der Waals surface area contributed by atoms with Crippen LogP contribution < -0.4 is 15.8 Å². The zero-order valence-electron chi connectivity index (χ0n) is 11.8. The molecule has 0 saturated heterocycles. The van der Waals surface area contributed by atoms with Crippen molar-refractivity contribution >= 4 is 34.6 Å². The van der Waals surface area contributed by atoms with Crippen LogP contribution in [0, 0.1) is 0 Å². The average molecular weight is 316 g/mol. The number of benzene rings is 1. The minimum atomic E-state index is -1.22. The van der Waals surface area contributed by atoms with Gasteiger partial charge in [0.15, 0.2) is 0 Å². The first-order chi connectivity index (χ1) is 10.6. The Bertz CT molecular complexity index is 695. The molecule has 0 spiro atoms. The summed E-state index contributed by atoms with van der Waals surface area (Å²) in [5.41, 5.74) is 3.80. The van der Waals surface area contributed by atoms with E-state index >= 15 is 0 Å². The predicted octanol–water partition coefficient (Wildman–Crippen LogP) is 1.06. The van der Waals surface area contributed by atoms with Crippen LogP contribution in [0.2, 0.25) is 0 Å². The lowest BCUT2D eigenvalue weighted by molar-refractivity contribution is -0.254. The Morgan fingerprint density at radius 1 is 1.14 bits per heavy atom. The van der Waals surface area contributed by atoms with E-state index in [1.807, 2.05) is 30.3 Å². The number of carboxylic acid groups (broad SMARTS) is 1. The van der Waals surface area contributed by atoms with E-state index in [4.69, 9.17) is 0 Å². The molecule has 0 radical (unpaired) electrons. The summed E-state index contributed by atoms with van der Waals surface area (Å²) in [5.74, 6) is -1.51. The molecule has 6 nitrogen and oxygen atoms in total. The van der Waals surface area contributed by atoms with Crippen LogP contribution in [-0.2, 0) is 4.79 Å². The third-order valence-electron chi connectivity index (χ3n) is 2.74. The Labute approximate surface area is 131 Å². The maximum absolute atomic E-state index is 11.7. The van der Waals surface area contributed by atoms with Gasteiger partial charge in [-0.25, -0.2) is 5.43 Å². The van der Waals surface area contributed by atoms with Crippen LogP contribution in [0.5, 0.6) is 0 Å². The van der Waals surface area contributed by atoms with Gasteiger partial charge in [0.25, 0.3) is 5.91 Å². The molecule has 1 amide bonds. The van der Waals surface area contributed by atoms with Gasteiger partial charge in [-0.05, 0) is 31.2 Å². The lowest BCUT2D eigenvalue weighted by atomic mass is 10.3. The summed E-state index contributed by atoms with van der Waals surface area (Å²) in [6, 6.07) is 12.4. The molecule has 0 atom stereocenters. The number of nitrogens with one attached hydrogen (secondary N) is 2. The lowest BCUT2D eigenvalue weighted by Gasteiger charge is -2.05. The van der Waals surface area contributed by atoms with Crippen LogP contribution >= 0.6 is 11.3 Å². The Morgan fingerprint density at radius 2 is 1.82 bits per heavy atom. The smallest absolute Gasteiger partial charge is 0.259 e. The number of rotatable bonds is 6. The van der Waals surface area contributed by atoms with Gasteiger partial charge in [0.2, 0.25) is 0 Å². The Hall–Kier alpha value is -2.67. The van der Waals surface area contributed by atoms with Gasteiger partial charge in [-0.15, -0.1) is 11.3 Å². The number of hydrazone groups is 1. The Kier molecular flexibility index (Phi) is 5.26. The molecule has 2 aromatic rings. The maximum Gasteiger partial charge on any atom is 0.259 e. The maximum atomic E-state index is 11.7. The molecule has 114 valence electrons. The largest absolute Gasteiger partial charge is 0.544 e. The van der Waals surface area contributed by atoms with Crippen LogP contribution in [0.4, 0.5) is 5.69 Å². The molecule has 2 rings (SSSR count). The van der Waals surface area contributed by atoms with E-state index in [9.17, 15) is 14.7 Å². The summed E-state index contributed by atoms with van der Waals surface area (Å²) < 4.78 is 0. The van der Waals surface area contributed by atoms with Crippen molar-refractivity contribution in [3.63, 3.8) is 0 Å². The van der Waals surface area contributed by atoms with Crippen LogP contribution in [-0.4, -0.2) is 24.1 Å². The molecule has 0 fully saturated rings. The molecule has 7 heteroatoms. The molecule has 22 heavy (non-hydrogen) atoms. The molecule has 0 saturated carbocycles. The van der Waals surface area contributed by atoms with E-state index in [1.54, 1.807) is 13.0 Å². The van der Waals surface area contributed by atoms with Crippen molar-refractivity contribution in [3.8, 4) is 0 Å². The highest BCUT2D eigenvalue weighted by molar-refractivity contribution is 7.15. The van der Waals surface area contributed by atoms with E-state index in [1.165, 1.54) is 6.07 Å². The van der Waals surface area contributed by atoms with Gasteiger partial charge < -0.3 is 15.2 Å². The second-order valence-electron chi connectivity index (χ2n) is 4.40. The molecular formula is C15H14N3O3S-. The van der Waals surface area contributed by atoms with Crippen LogP contribution in [0.3, 0.4) is 0 Å². The van der Waals surface area contributed by atoms with Crippen LogP contribution in [0.25, 0.3) is 0 Å². The van der Waals surface area contributed by atoms with E-state index in [-0.39, 0.29) is 17.3 Å². The second kappa shape index (κ2) is 7.37. The molecule has 0 aliphatic rings. The van der Waals surface area contributed by atoms with Crippen molar-refractivity contribution in [2.24, 2.45) is 5.10 Å². The fourth-order valence-corrected chi connectivity index (χ4v) is 2.41. The summed E-state index contributed by atoms with van der Waals surface area (Å²) in [7, 11) is 0. The van der Waals surface area contributed by atoms with Crippen LogP contribution in [0.15, 0.2) is 47.6 Å². The number of amides is 1. The van der Waals surface area contributed by atoms with Crippen LogP contribution in [0.1, 0.15) is 21.5 Å². The minimum absolute atomic E-state index is 0.0928. The summed E-state index contributed by atoms with van der Waals surface area (Å²) >= 11 is 1.05. The number of carbonyl (C=O) groups excluding carboxylic acids is 2. The van der Waals surface area contributed by atoms with E-state index < -0.39 is 5.97 Å². The van der Waals surface area contributed by atoms with Crippen molar-refractivity contribution in [1.82, 2.24) is 5.43 Å². The summed E-state index contributed by atoms with van der Waals surface area (Å²) in [4.78, 5) is 23.2. The molecule has 2 N–H and O–H groups in total. The van der Waals surface area contributed by atoms with Crippen molar-refractivity contribution in [3.05, 3.63) is 52.2 Å². The van der Waals surface area contributed by atoms with Gasteiger partial charge in [0.05, 0.1) is 28.0 Å². The first-order valence-electron chi connectivity index (χ1n) is 6.50. The van der Waals surface area contributed by atoms with Crippen molar-refractivity contribution in [2.75, 3.05) is 11.9 Å². The number of para-hydroxylation sites is 1. The zero-order valence-corrected chi connectivity index (χ0v) is 12.6.